The number of fused-ring (bicyclic) bond motifs is 1. The van der Waals surface area contributed by atoms with Crippen molar-refractivity contribution in [3.63, 3.8) is 0 Å². The van der Waals surface area contributed by atoms with Crippen molar-refractivity contribution in [1.29, 1.82) is 0 Å². The normalized spacial score (nSPS) is 12.5. The van der Waals surface area contributed by atoms with Crippen molar-refractivity contribution in [3.8, 4) is 11.5 Å². The lowest BCUT2D eigenvalue weighted by molar-refractivity contribution is 0.128. The van der Waals surface area contributed by atoms with Crippen LogP contribution in [0.4, 0.5) is 4.79 Å². The third-order valence-electron chi connectivity index (χ3n) is 7.68. The summed E-state index contributed by atoms with van der Waals surface area (Å²) < 4.78 is 23.7. The first-order chi connectivity index (χ1) is 20.0. The van der Waals surface area contributed by atoms with Crippen molar-refractivity contribution in [2.45, 2.75) is 58.2 Å². The maximum Gasteiger partial charge on any atom is 0.407 e. The average Bonchev–Trinajstić information content (AvgIpc) is 2.97. The van der Waals surface area contributed by atoms with E-state index in [0.29, 0.717) is 17.9 Å². The number of benzene rings is 3. The predicted molar refractivity (Wildman–Crippen MR) is 168 cm³/mol. The molecule has 42 heavy (non-hydrogen) atoms. The molecule has 1 amide bonds. The van der Waals surface area contributed by atoms with Gasteiger partial charge in [0.05, 0.1) is 25.3 Å². The van der Waals surface area contributed by atoms with Gasteiger partial charge < -0.3 is 28.9 Å². The Morgan fingerprint density at radius 1 is 0.905 bits per heavy atom. The lowest BCUT2D eigenvalue weighted by Crippen LogP contribution is -2.44. The molecular formula is C33H40N2O6Si. The van der Waals surface area contributed by atoms with Crippen molar-refractivity contribution < 1.29 is 23.4 Å². The molecule has 0 aliphatic heterocycles. The number of rotatable bonds is 11. The maximum atomic E-state index is 12.7. The van der Waals surface area contributed by atoms with Crippen molar-refractivity contribution in [2.24, 2.45) is 0 Å². The number of methoxy groups -OCH3 is 1. The Morgan fingerprint density at radius 3 is 2.26 bits per heavy atom. The molecule has 0 saturated carbocycles. The van der Waals surface area contributed by atoms with Crippen LogP contribution in [0, 0.1) is 0 Å². The van der Waals surface area contributed by atoms with E-state index in [1.165, 1.54) is 6.07 Å². The molecular weight excluding hydrogens is 548 g/mol. The summed E-state index contributed by atoms with van der Waals surface area (Å²) in [6.45, 7) is 11.5. The summed E-state index contributed by atoms with van der Waals surface area (Å²) in [7, 11) is -0.653. The van der Waals surface area contributed by atoms with Gasteiger partial charge in [0.25, 0.3) is 0 Å². The molecule has 0 fully saturated rings. The first-order valence-electron chi connectivity index (χ1n) is 14.0. The highest BCUT2D eigenvalue weighted by Crippen LogP contribution is 2.41. The van der Waals surface area contributed by atoms with Gasteiger partial charge in [-0.2, -0.15) is 0 Å². The predicted octanol–water partition coefficient (Wildman–Crippen LogP) is 7.11. The molecule has 0 radical (unpaired) electrons. The fourth-order valence-electron chi connectivity index (χ4n) is 4.23. The van der Waals surface area contributed by atoms with E-state index in [9.17, 15) is 9.59 Å². The van der Waals surface area contributed by atoms with E-state index < -0.39 is 20.5 Å². The number of hydrogen-bond acceptors (Lipinski definition) is 6. The molecule has 0 spiro atoms. The zero-order valence-corrected chi connectivity index (χ0v) is 26.2. The van der Waals surface area contributed by atoms with Crippen molar-refractivity contribution in [2.75, 3.05) is 13.7 Å². The van der Waals surface area contributed by atoms with Gasteiger partial charge in [0.2, 0.25) is 5.56 Å². The van der Waals surface area contributed by atoms with Crippen LogP contribution in [-0.2, 0) is 22.4 Å². The van der Waals surface area contributed by atoms with Crippen LogP contribution in [0.25, 0.3) is 10.9 Å². The Labute approximate surface area is 248 Å². The molecule has 222 valence electrons. The molecule has 3 aromatic carbocycles. The summed E-state index contributed by atoms with van der Waals surface area (Å²) in [5.74, 6) is 1.31. The zero-order valence-electron chi connectivity index (χ0n) is 25.2. The highest BCUT2D eigenvalue weighted by atomic mass is 28.4. The van der Waals surface area contributed by atoms with E-state index >= 15 is 0 Å². The third kappa shape index (κ3) is 7.80. The number of ether oxygens (including phenoxy) is 3. The Hall–Kier alpha value is -4.08. The van der Waals surface area contributed by atoms with Gasteiger partial charge >= 0.3 is 6.09 Å². The van der Waals surface area contributed by atoms with Crippen LogP contribution in [0.3, 0.4) is 0 Å². The van der Waals surface area contributed by atoms with Gasteiger partial charge in [0.1, 0.15) is 24.7 Å². The van der Waals surface area contributed by atoms with Crippen LogP contribution in [-0.4, -0.2) is 33.0 Å². The highest BCUT2D eigenvalue weighted by Gasteiger charge is 2.40. The van der Waals surface area contributed by atoms with E-state index in [-0.39, 0.29) is 23.7 Å². The SMILES string of the molecule is COc1ccc(COc2ccc([C@H](CNC(=O)OCc3ccccc3)O[Si](C)(C)C(C)(C)C)c3ccc(=O)[nH]c23)cc1. The Morgan fingerprint density at radius 2 is 1.60 bits per heavy atom. The van der Waals surface area contributed by atoms with E-state index in [4.69, 9.17) is 18.6 Å². The van der Waals surface area contributed by atoms with Crippen LogP contribution in [0.2, 0.25) is 18.1 Å². The molecule has 0 bridgehead atoms. The van der Waals surface area contributed by atoms with Gasteiger partial charge in [-0.25, -0.2) is 4.79 Å². The van der Waals surface area contributed by atoms with Gasteiger partial charge in [-0.3, -0.25) is 4.79 Å². The van der Waals surface area contributed by atoms with E-state index in [0.717, 1.165) is 27.8 Å². The summed E-state index contributed by atoms with van der Waals surface area (Å²) in [4.78, 5) is 28.0. The quantitative estimate of drug-likeness (QED) is 0.181. The molecule has 1 atom stereocenters. The molecule has 1 heterocycles. The maximum absolute atomic E-state index is 12.7. The number of hydrogen-bond donors (Lipinski definition) is 2. The number of alkyl carbamates (subject to hydrolysis) is 1. The van der Waals surface area contributed by atoms with Crippen molar-refractivity contribution in [3.05, 3.63) is 106 Å². The zero-order chi connectivity index (χ0) is 30.3. The minimum atomic E-state index is -2.28. The Bertz CT molecular complexity index is 1550. The number of carbonyl (C=O) groups is 1. The standard InChI is InChI=1S/C33H40N2O6Si/c1-33(2,3)42(5,6)41-29(20-34-32(37)40-22-23-10-8-7-9-11-23)26-16-18-28(31-27(26)17-19-30(36)35-31)39-21-24-12-14-25(38-4)15-13-24/h7-19,29H,20-22H2,1-6H3,(H,34,37)(H,35,36)/t29-/m0/s1. The van der Waals surface area contributed by atoms with Gasteiger partial charge in [-0.05, 0) is 59.1 Å². The number of carbonyl (C=O) groups excluding carboxylic acids is 1. The van der Waals surface area contributed by atoms with Gasteiger partial charge in [-0.15, -0.1) is 0 Å². The number of aromatic amines is 1. The number of pyridine rings is 1. The van der Waals surface area contributed by atoms with Crippen LogP contribution >= 0.6 is 0 Å². The Balaban J connectivity index is 1.61. The fraction of sp³-hybridized carbons (Fsp3) is 0.333. The monoisotopic (exact) mass is 588 g/mol. The molecule has 8 nitrogen and oxygen atoms in total. The number of nitrogens with one attached hydrogen (secondary N) is 2. The Kier molecular flexibility index (Phi) is 9.75. The molecule has 0 saturated heterocycles. The molecule has 1 aromatic heterocycles. The van der Waals surface area contributed by atoms with Crippen molar-refractivity contribution >= 4 is 25.3 Å². The molecule has 2 N–H and O–H groups in total. The second kappa shape index (κ2) is 13.3. The number of H-pyrrole nitrogens is 1. The molecule has 4 rings (SSSR count). The molecule has 0 aliphatic carbocycles. The minimum absolute atomic E-state index is 0.0649. The van der Waals surface area contributed by atoms with Gasteiger partial charge in [0, 0.05) is 11.5 Å². The lowest BCUT2D eigenvalue weighted by Gasteiger charge is -2.39. The van der Waals surface area contributed by atoms with E-state index in [1.807, 2.05) is 66.7 Å². The molecule has 4 aromatic rings. The van der Waals surface area contributed by atoms with E-state index in [2.05, 4.69) is 44.2 Å². The second-order valence-electron chi connectivity index (χ2n) is 11.7. The lowest BCUT2D eigenvalue weighted by atomic mass is 10.0. The molecule has 0 aliphatic rings. The van der Waals surface area contributed by atoms with Gasteiger partial charge in [-0.1, -0.05) is 69.3 Å². The van der Waals surface area contributed by atoms with E-state index in [1.54, 1.807) is 13.2 Å². The number of amides is 1. The minimum Gasteiger partial charge on any atom is -0.497 e. The largest absolute Gasteiger partial charge is 0.497 e. The van der Waals surface area contributed by atoms with Crippen LogP contribution < -0.4 is 20.3 Å². The summed E-state index contributed by atoms with van der Waals surface area (Å²) in [6, 6.07) is 24.2. The highest BCUT2D eigenvalue weighted by molar-refractivity contribution is 6.74. The summed E-state index contributed by atoms with van der Waals surface area (Å²) in [5, 5.41) is 3.61. The first kappa shape index (κ1) is 30.9. The topological polar surface area (TPSA) is 98.9 Å². The fourth-order valence-corrected chi connectivity index (χ4v) is 5.50. The summed E-state index contributed by atoms with van der Waals surface area (Å²) in [5.41, 5.74) is 3.04. The van der Waals surface area contributed by atoms with Crippen LogP contribution in [0.15, 0.2) is 83.7 Å². The van der Waals surface area contributed by atoms with Crippen LogP contribution in [0.1, 0.15) is 43.6 Å². The average molecular weight is 589 g/mol. The smallest absolute Gasteiger partial charge is 0.407 e. The summed E-state index contributed by atoms with van der Waals surface area (Å²) >= 11 is 0. The number of aromatic nitrogens is 1. The first-order valence-corrected chi connectivity index (χ1v) is 16.9. The van der Waals surface area contributed by atoms with Gasteiger partial charge in [0.15, 0.2) is 8.32 Å². The molecule has 0 unspecified atom stereocenters. The molecule has 9 heteroatoms. The second-order valence-corrected chi connectivity index (χ2v) is 16.5. The summed E-state index contributed by atoms with van der Waals surface area (Å²) in [6.07, 6.45) is -1.01. The van der Waals surface area contributed by atoms with Crippen LogP contribution in [0.5, 0.6) is 11.5 Å². The van der Waals surface area contributed by atoms with Crippen molar-refractivity contribution in [1.82, 2.24) is 10.3 Å². The third-order valence-corrected chi connectivity index (χ3v) is 12.2.